The van der Waals surface area contributed by atoms with Gasteiger partial charge in [-0.2, -0.15) is 0 Å². The van der Waals surface area contributed by atoms with Gasteiger partial charge >= 0.3 is 12.1 Å². The lowest BCUT2D eigenvalue weighted by Crippen LogP contribution is -2.58. The van der Waals surface area contributed by atoms with Crippen LogP contribution in [0.15, 0.2) is 12.7 Å². The van der Waals surface area contributed by atoms with Crippen LogP contribution in [0.1, 0.15) is 40.5 Å². The van der Waals surface area contributed by atoms with Gasteiger partial charge in [0.1, 0.15) is 19.3 Å². The molecule has 0 saturated carbocycles. The number of ether oxygens (including phenoxy) is 3. The Morgan fingerprint density at radius 1 is 1.18 bits per heavy atom. The van der Waals surface area contributed by atoms with Crippen molar-refractivity contribution in [2.24, 2.45) is 0 Å². The van der Waals surface area contributed by atoms with Gasteiger partial charge < -0.3 is 14.2 Å². The van der Waals surface area contributed by atoms with Crippen LogP contribution < -0.4 is 0 Å². The molecule has 0 bridgehead atoms. The second-order valence-electron chi connectivity index (χ2n) is 6.55. The van der Waals surface area contributed by atoms with E-state index in [1.807, 2.05) is 4.31 Å². The largest absolute Gasteiger partial charge is 0.508 e. The zero-order valence-electron chi connectivity index (χ0n) is 13.6. The van der Waals surface area contributed by atoms with Crippen molar-refractivity contribution in [1.29, 1.82) is 0 Å². The molecule has 0 spiro atoms. The Kier molecular flexibility index (Phi) is 6.31. The molecule has 1 rings (SSSR count). The van der Waals surface area contributed by atoms with Crippen molar-refractivity contribution in [3.05, 3.63) is 12.7 Å². The standard InChI is InChI=1S/C15H25NO5S/c1-6-12(17)19-7-8-20-13(18)21-11-9-14(2,3)16(22)15(4,5)10-11/h6,11,22H,1,7-10H2,2-5H3. The number of hydrogen-bond acceptors (Lipinski definition) is 7. The van der Waals surface area contributed by atoms with Crippen molar-refractivity contribution in [2.45, 2.75) is 57.7 Å². The van der Waals surface area contributed by atoms with E-state index in [1.165, 1.54) is 0 Å². The van der Waals surface area contributed by atoms with E-state index in [2.05, 4.69) is 47.1 Å². The van der Waals surface area contributed by atoms with Gasteiger partial charge in [-0.1, -0.05) is 19.4 Å². The lowest BCUT2D eigenvalue weighted by molar-refractivity contribution is -0.139. The quantitative estimate of drug-likeness (QED) is 0.362. The van der Waals surface area contributed by atoms with E-state index in [0.29, 0.717) is 12.8 Å². The molecule has 1 fully saturated rings. The molecule has 7 heteroatoms. The van der Waals surface area contributed by atoms with E-state index in [4.69, 9.17) is 14.2 Å². The summed E-state index contributed by atoms with van der Waals surface area (Å²) in [6, 6.07) is 0. The normalized spacial score (nSPS) is 21.0. The molecule has 0 radical (unpaired) electrons. The Labute approximate surface area is 137 Å². The van der Waals surface area contributed by atoms with E-state index >= 15 is 0 Å². The van der Waals surface area contributed by atoms with Gasteiger partial charge in [0.15, 0.2) is 0 Å². The van der Waals surface area contributed by atoms with Crippen LogP contribution >= 0.6 is 12.8 Å². The Morgan fingerprint density at radius 2 is 1.68 bits per heavy atom. The van der Waals surface area contributed by atoms with Crippen LogP contribution in [0.5, 0.6) is 0 Å². The molecule has 0 aromatic carbocycles. The number of carbonyl (C=O) groups is 2. The predicted molar refractivity (Wildman–Crippen MR) is 85.6 cm³/mol. The summed E-state index contributed by atoms with van der Waals surface area (Å²) in [5, 5.41) is 0. The zero-order valence-corrected chi connectivity index (χ0v) is 14.5. The van der Waals surface area contributed by atoms with E-state index in [-0.39, 0.29) is 30.4 Å². The molecule has 0 unspecified atom stereocenters. The number of hydrogen-bond donors (Lipinski definition) is 1. The minimum atomic E-state index is -0.751. The van der Waals surface area contributed by atoms with Crippen LogP contribution in [-0.4, -0.2) is 46.8 Å². The van der Waals surface area contributed by atoms with Gasteiger partial charge in [-0.3, -0.25) is 0 Å². The monoisotopic (exact) mass is 331 g/mol. The lowest BCUT2D eigenvalue weighted by Gasteiger charge is -2.51. The highest BCUT2D eigenvalue weighted by Gasteiger charge is 2.45. The van der Waals surface area contributed by atoms with Crippen LogP contribution in [0.3, 0.4) is 0 Å². The van der Waals surface area contributed by atoms with Crippen molar-refractivity contribution in [2.75, 3.05) is 13.2 Å². The fourth-order valence-electron chi connectivity index (χ4n) is 2.76. The van der Waals surface area contributed by atoms with E-state index in [0.717, 1.165) is 6.08 Å². The van der Waals surface area contributed by atoms with Gasteiger partial charge in [0.25, 0.3) is 0 Å². The van der Waals surface area contributed by atoms with Crippen LogP contribution in [0.25, 0.3) is 0 Å². The molecule has 0 aromatic heterocycles. The van der Waals surface area contributed by atoms with Crippen molar-refractivity contribution < 1.29 is 23.8 Å². The first-order valence-electron chi connectivity index (χ1n) is 7.20. The highest BCUT2D eigenvalue weighted by Crippen LogP contribution is 2.40. The first kappa shape index (κ1) is 18.8. The van der Waals surface area contributed by atoms with Crippen molar-refractivity contribution in [3.8, 4) is 0 Å². The van der Waals surface area contributed by atoms with E-state index in [9.17, 15) is 9.59 Å². The molecule has 6 nitrogen and oxygen atoms in total. The van der Waals surface area contributed by atoms with E-state index < -0.39 is 12.1 Å². The Balaban J connectivity index is 2.41. The molecule has 0 amide bonds. The topological polar surface area (TPSA) is 65.1 Å². The lowest BCUT2D eigenvalue weighted by atomic mass is 9.81. The molecular formula is C15H25NO5S. The maximum absolute atomic E-state index is 11.7. The van der Waals surface area contributed by atoms with Crippen LogP contribution in [0, 0.1) is 0 Å². The average molecular weight is 331 g/mol. The summed E-state index contributed by atoms with van der Waals surface area (Å²) >= 11 is 4.56. The summed E-state index contributed by atoms with van der Waals surface area (Å²) < 4.78 is 17.0. The number of carbonyl (C=O) groups excluding carboxylic acids is 2. The van der Waals surface area contributed by atoms with Gasteiger partial charge in [0.05, 0.1) is 0 Å². The van der Waals surface area contributed by atoms with Gasteiger partial charge in [-0.15, -0.1) is 0 Å². The third kappa shape index (κ3) is 5.21. The Hall–Kier alpha value is -1.21. The predicted octanol–water partition coefficient (Wildman–Crippen LogP) is 2.74. The third-order valence-electron chi connectivity index (χ3n) is 3.58. The number of thiol groups is 1. The number of piperidine rings is 1. The molecule has 22 heavy (non-hydrogen) atoms. The first-order valence-corrected chi connectivity index (χ1v) is 7.60. The summed E-state index contributed by atoms with van der Waals surface area (Å²) in [5.41, 5.74) is -0.398. The zero-order chi connectivity index (χ0) is 17.0. The van der Waals surface area contributed by atoms with Crippen LogP contribution in [0.2, 0.25) is 0 Å². The summed E-state index contributed by atoms with van der Waals surface area (Å²) in [7, 11) is 0. The Bertz CT molecular complexity index is 418. The molecule has 0 N–H and O–H groups in total. The molecule has 0 aromatic rings. The molecule has 1 heterocycles. The maximum Gasteiger partial charge on any atom is 0.508 e. The van der Waals surface area contributed by atoms with Crippen LogP contribution in [-0.2, 0) is 19.0 Å². The molecule has 1 saturated heterocycles. The van der Waals surface area contributed by atoms with Crippen LogP contribution in [0.4, 0.5) is 4.79 Å². The minimum absolute atomic E-state index is 0.0218. The summed E-state index contributed by atoms with van der Waals surface area (Å²) in [4.78, 5) is 22.5. The first-order chi connectivity index (χ1) is 10.1. The molecule has 0 atom stereocenters. The van der Waals surface area contributed by atoms with Crippen molar-refractivity contribution >= 4 is 24.9 Å². The smallest absolute Gasteiger partial charge is 0.459 e. The number of esters is 1. The summed E-state index contributed by atoms with van der Waals surface area (Å²) in [6.45, 7) is 11.4. The van der Waals surface area contributed by atoms with Gasteiger partial charge in [-0.05, 0) is 27.7 Å². The van der Waals surface area contributed by atoms with Gasteiger partial charge in [0.2, 0.25) is 0 Å². The maximum atomic E-state index is 11.7. The fourth-order valence-corrected chi connectivity index (χ4v) is 2.92. The number of rotatable bonds is 5. The highest BCUT2D eigenvalue weighted by atomic mass is 32.1. The van der Waals surface area contributed by atoms with Gasteiger partial charge in [0, 0.05) is 30.0 Å². The molecule has 1 aliphatic rings. The fraction of sp³-hybridized carbons (Fsp3) is 0.733. The van der Waals surface area contributed by atoms with Crippen molar-refractivity contribution in [1.82, 2.24) is 4.31 Å². The SMILES string of the molecule is C=CC(=O)OCCOC(=O)OC1CC(C)(C)N(S)C(C)(C)C1. The molecular weight excluding hydrogens is 306 g/mol. The molecule has 1 aliphatic heterocycles. The average Bonchev–Trinajstić information content (AvgIpc) is 2.40. The minimum Gasteiger partial charge on any atom is -0.459 e. The van der Waals surface area contributed by atoms with Gasteiger partial charge in [-0.25, -0.2) is 13.9 Å². The summed E-state index contributed by atoms with van der Waals surface area (Å²) in [6.07, 6.45) is 1.39. The Morgan fingerprint density at radius 3 is 2.18 bits per heavy atom. The number of nitrogens with zero attached hydrogens (tertiary/aromatic N) is 1. The second kappa shape index (κ2) is 7.37. The van der Waals surface area contributed by atoms with E-state index in [1.54, 1.807) is 0 Å². The van der Waals surface area contributed by atoms with Crippen molar-refractivity contribution in [3.63, 3.8) is 0 Å². The third-order valence-corrected chi connectivity index (χ3v) is 4.66. The second-order valence-corrected chi connectivity index (χ2v) is 6.95. The molecule has 0 aliphatic carbocycles. The summed E-state index contributed by atoms with van der Waals surface area (Å²) in [5.74, 6) is -0.554. The molecule has 126 valence electrons. The highest BCUT2D eigenvalue weighted by molar-refractivity contribution is 7.77.